The average Bonchev–Trinajstić information content (AvgIpc) is 2.96. The second kappa shape index (κ2) is 16.0. The van der Waals surface area contributed by atoms with Crippen molar-refractivity contribution in [3.8, 4) is 11.3 Å². The van der Waals surface area contributed by atoms with Crippen LogP contribution >= 0.6 is 0 Å². The maximum absolute atomic E-state index is 15.2. The number of fused-ring (bicyclic) bond motifs is 3. The molecule has 0 fully saturated rings. The number of allylic oxidation sites excluding steroid dienone is 2. The molecule has 0 aliphatic carbocycles. The number of hydrogen-bond acceptors (Lipinski definition) is 3. The van der Waals surface area contributed by atoms with Crippen LogP contribution < -0.4 is 5.19 Å². The SMILES string of the molecule is CCC(CC)C(=O)/C(F)=C(\O)C(CC)CC.Cc1[c-]c(-c2nccc3c2ccc2c(F)c([Si](C)(C)C)ccc23)cc(C)c1.[Ir]. The number of halogens is 2. The van der Waals surface area contributed by atoms with E-state index < -0.39 is 19.7 Å². The van der Waals surface area contributed by atoms with E-state index in [0.29, 0.717) is 31.1 Å². The quantitative estimate of drug-likeness (QED) is 0.0604. The van der Waals surface area contributed by atoms with E-state index >= 15 is 4.39 Å². The van der Waals surface area contributed by atoms with E-state index in [4.69, 9.17) is 0 Å². The molecule has 0 amide bonds. The predicted octanol–water partition coefficient (Wildman–Crippen LogP) is 10.3. The summed E-state index contributed by atoms with van der Waals surface area (Å²) in [7, 11) is -1.73. The number of carbonyl (C=O) groups is 1. The first-order chi connectivity index (χ1) is 20.3. The Morgan fingerprint density at radius 2 is 1.41 bits per heavy atom. The Bertz CT molecular complexity index is 1620. The number of pyridine rings is 1. The average molecular weight is 795 g/mol. The molecule has 0 saturated heterocycles. The Morgan fingerprint density at radius 3 is 1.95 bits per heavy atom. The molecule has 3 nitrogen and oxygen atoms in total. The minimum absolute atomic E-state index is 0. The summed E-state index contributed by atoms with van der Waals surface area (Å²) in [6.07, 6.45) is 4.32. The number of aryl methyl sites for hydroxylation is 2. The van der Waals surface area contributed by atoms with Gasteiger partial charge in [-0.05, 0) is 58.8 Å². The minimum Gasteiger partial charge on any atom is -0.509 e. The molecule has 1 heterocycles. The molecule has 1 aromatic heterocycles. The summed E-state index contributed by atoms with van der Waals surface area (Å²) in [5.74, 6) is -2.45. The molecule has 44 heavy (non-hydrogen) atoms. The molecule has 0 aliphatic rings. The summed E-state index contributed by atoms with van der Waals surface area (Å²) in [5, 5.41) is 14.3. The van der Waals surface area contributed by atoms with Crippen LogP contribution in [0.2, 0.25) is 19.6 Å². The maximum atomic E-state index is 15.2. The fourth-order valence-electron chi connectivity index (χ4n) is 5.67. The second-order valence-electron chi connectivity index (χ2n) is 12.4. The number of aliphatic hydroxyl groups excluding tert-OH is 1. The Balaban J connectivity index is 0.000000345. The molecule has 0 unspecified atom stereocenters. The first-order valence-corrected chi connectivity index (χ1v) is 18.9. The third kappa shape index (κ3) is 8.29. The fraction of sp³-hybridized carbons (Fsp3) is 0.405. The Hall–Kier alpha value is -2.73. The monoisotopic (exact) mass is 795 g/mol. The van der Waals surface area contributed by atoms with E-state index in [0.717, 1.165) is 38.2 Å². The van der Waals surface area contributed by atoms with Gasteiger partial charge in [0.25, 0.3) is 0 Å². The molecular formula is C37H46F2IrNO2Si-. The number of benzene rings is 3. The van der Waals surface area contributed by atoms with Crippen LogP contribution in [0.5, 0.6) is 0 Å². The molecule has 239 valence electrons. The molecule has 0 bridgehead atoms. The van der Waals surface area contributed by atoms with Gasteiger partial charge in [0.05, 0.1) is 8.07 Å². The molecule has 4 aromatic rings. The molecular weight excluding hydrogens is 749 g/mol. The summed E-state index contributed by atoms with van der Waals surface area (Å²) < 4.78 is 29.0. The van der Waals surface area contributed by atoms with Gasteiger partial charge in [-0.1, -0.05) is 85.4 Å². The van der Waals surface area contributed by atoms with Gasteiger partial charge in [-0.25, -0.2) is 4.39 Å². The molecule has 4 rings (SSSR count). The number of Topliss-reactive ketones (excluding diaryl/α,β-unsaturated/α-hetero) is 1. The summed E-state index contributed by atoms with van der Waals surface area (Å²) >= 11 is 0. The van der Waals surface area contributed by atoms with Gasteiger partial charge in [0.2, 0.25) is 5.83 Å². The minimum atomic E-state index is -1.73. The van der Waals surface area contributed by atoms with Crippen LogP contribution in [0.4, 0.5) is 8.78 Å². The zero-order chi connectivity index (χ0) is 32.1. The first kappa shape index (κ1) is 37.5. The van der Waals surface area contributed by atoms with E-state index in [1.807, 2.05) is 65.1 Å². The van der Waals surface area contributed by atoms with Gasteiger partial charge in [0.15, 0.2) is 5.78 Å². The molecule has 0 aliphatic heterocycles. The standard InChI is InChI=1S/C24H23FNSi.C13H23FO2.Ir/c1-15-12-16(2)14-17(13-15)24-21-7-6-20-18(19(21)10-11-26-24)8-9-22(23(20)25)27(3,4)5;1-5-9(6-2)12(15)11(14)13(16)10(7-3)8-4;/h6-13H,1-5H3;9-10,15H,5-8H2,1-4H3;/q-1;;/b;12-11+;. The summed E-state index contributed by atoms with van der Waals surface area (Å²) in [4.78, 5) is 16.3. The number of rotatable bonds is 9. The van der Waals surface area contributed by atoms with Gasteiger partial charge in [0.1, 0.15) is 11.6 Å². The van der Waals surface area contributed by atoms with Crippen LogP contribution in [0.3, 0.4) is 0 Å². The van der Waals surface area contributed by atoms with Crippen LogP contribution in [0.25, 0.3) is 32.8 Å². The van der Waals surface area contributed by atoms with Gasteiger partial charge in [-0.2, -0.15) is 4.39 Å². The smallest absolute Gasteiger partial charge is 0.203 e. The van der Waals surface area contributed by atoms with Crippen molar-refractivity contribution in [3.63, 3.8) is 0 Å². The van der Waals surface area contributed by atoms with Crippen LogP contribution in [0.15, 0.2) is 60.2 Å². The number of ketones is 1. The van der Waals surface area contributed by atoms with Gasteiger partial charge < -0.3 is 10.1 Å². The fourth-order valence-corrected chi connectivity index (χ4v) is 7.05. The first-order valence-electron chi connectivity index (χ1n) is 15.4. The Morgan fingerprint density at radius 1 is 0.864 bits per heavy atom. The summed E-state index contributed by atoms with van der Waals surface area (Å²) in [5.41, 5.74) is 4.16. The van der Waals surface area contributed by atoms with Crippen molar-refractivity contribution >= 4 is 40.6 Å². The zero-order valence-electron chi connectivity index (χ0n) is 27.5. The van der Waals surface area contributed by atoms with Gasteiger partial charge in [0, 0.05) is 43.5 Å². The van der Waals surface area contributed by atoms with Crippen molar-refractivity contribution in [1.82, 2.24) is 4.98 Å². The van der Waals surface area contributed by atoms with Crippen molar-refractivity contribution in [1.29, 1.82) is 0 Å². The maximum Gasteiger partial charge on any atom is 0.203 e. The van der Waals surface area contributed by atoms with E-state index in [1.165, 1.54) is 5.56 Å². The van der Waals surface area contributed by atoms with Gasteiger partial charge in [-0.15, -0.1) is 34.9 Å². The number of aromatic nitrogens is 1. The molecule has 3 aromatic carbocycles. The number of aliphatic hydroxyl groups is 1. The topological polar surface area (TPSA) is 50.2 Å². The third-order valence-corrected chi connectivity index (χ3v) is 10.3. The Kier molecular flexibility index (Phi) is 13.6. The number of hydrogen-bond donors (Lipinski definition) is 1. The van der Waals surface area contributed by atoms with Crippen LogP contribution in [-0.2, 0) is 24.9 Å². The van der Waals surface area contributed by atoms with Gasteiger partial charge in [-0.3, -0.25) is 4.79 Å². The molecule has 0 spiro atoms. The van der Waals surface area contributed by atoms with Crippen molar-refractivity contribution in [3.05, 3.63) is 83.3 Å². The summed E-state index contributed by atoms with van der Waals surface area (Å²) in [6.45, 7) is 18.1. The van der Waals surface area contributed by atoms with Crippen LogP contribution in [0.1, 0.15) is 64.5 Å². The zero-order valence-corrected chi connectivity index (χ0v) is 30.9. The predicted molar refractivity (Wildman–Crippen MR) is 180 cm³/mol. The largest absolute Gasteiger partial charge is 0.509 e. The van der Waals surface area contributed by atoms with Crippen LogP contribution in [0, 0.1) is 37.6 Å². The Labute approximate surface area is 276 Å². The molecule has 0 atom stereocenters. The summed E-state index contributed by atoms with van der Waals surface area (Å²) in [6, 6.07) is 17.6. The molecule has 1 N–H and O–H groups in total. The van der Waals surface area contributed by atoms with Crippen molar-refractivity contribution in [2.24, 2.45) is 11.8 Å². The van der Waals surface area contributed by atoms with E-state index in [2.05, 4.69) is 55.8 Å². The molecule has 1 radical (unpaired) electrons. The normalized spacial score (nSPS) is 12.2. The van der Waals surface area contributed by atoms with E-state index in [9.17, 15) is 14.3 Å². The van der Waals surface area contributed by atoms with Crippen molar-refractivity contribution in [2.75, 3.05) is 0 Å². The van der Waals surface area contributed by atoms with E-state index in [1.54, 1.807) is 0 Å². The van der Waals surface area contributed by atoms with Gasteiger partial charge >= 0.3 is 0 Å². The number of nitrogens with zero attached hydrogens (tertiary/aromatic N) is 1. The molecule has 7 heteroatoms. The number of carbonyl (C=O) groups excluding carboxylic acids is 1. The van der Waals surface area contributed by atoms with Crippen molar-refractivity contribution in [2.45, 2.75) is 86.9 Å². The van der Waals surface area contributed by atoms with Crippen LogP contribution in [-0.4, -0.2) is 23.9 Å². The van der Waals surface area contributed by atoms with Crippen molar-refractivity contribution < 1.29 is 38.8 Å². The second-order valence-corrected chi connectivity index (χ2v) is 17.5. The third-order valence-electron chi connectivity index (χ3n) is 8.26. The van der Waals surface area contributed by atoms with E-state index in [-0.39, 0.29) is 43.5 Å². The molecule has 0 saturated carbocycles.